The van der Waals surface area contributed by atoms with Crippen molar-refractivity contribution in [2.24, 2.45) is 0 Å². The molecule has 34 heavy (non-hydrogen) atoms. The van der Waals surface area contributed by atoms with Gasteiger partial charge >= 0.3 is 14.9 Å². The lowest BCUT2D eigenvalue weighted by Crippen LogP contribution is -2.16. The molecule has 0 spiro atoms. The van der Waals surface area contributed by atoms with Crippen molar-refractivity contribution in [1.82, 2.24) is 9.97 Å². The number of ether oxygens (including phenoxy) is 2. The van der Waals surface area contributed by atoms with Crippen LogP contribution in [0.5, 0.6) is 11.5 Å². The molecular weight excluding hydrogens is 470 g/mol. The van der Waals surface area contributed by atoms with E-state index in [4.69, 9.17) is 14.0 Å². The second-order valence-corrected chi connectivity index (χ2v) is 8.42. The second kappa shape index (κ2) is 9.72. The maximum Gasteiger partial charge on any atom is 0.416 e. The first-order valence-corrected chi connectivity index (χ1v) is 11.4. The maximum atomic E-state index is 13.4. The molecule has 1 N–H and O–H groups in total. The third kappa shape index (κ3) is 5.08. The van der Waals surface area contributed by atoms with Gasteiger partial charge < -0.3 is 19.3 Å². The summed E-state index contributed by atoms with van der Waals surface area (Å²) in [6.45, 7) is 5.97. The molecule has 0 aliphatic carbocycles. The molecular formula is C23H23F3N3O4P. The molecule has 180 valence electrons. The van der Waals surface area contributed by atoms with Gasteiger partial charge in [-0.15, -0.1) is 0 Å². The van der Waals surface area contributed by atoms with Crippen molar-refractivity contribution in [2.75, 3.05) is 18.5 Å². The van der Waals surface area contributed by atoms with Gasteiger partial charge in [-0.1, -0.05) is 12.1 Å². The predicted octanol–water partition coefficient (Wildman–Crippen LogP) is 6.19. The lowest BCUT2D eigenvalue weighted by atomic mass is 9.97. The van der Waals surface area contributed by atoms with Crippen molar-refractivity contribution in [3.8, 4) is 11.5 Å². The first-order chi connectivity index (χ1) is 16.2. The summed E-state index contributed by atoms with van der Waals surface area (Å²) < 4.78 is 67.9. The van der Waals surface area contributed by atoms with Crippen LogP contribution >= 0.6 is 8.69 Å². The zero-order valence-corrected chi connectivity index (χ0v) is 19.7. The molecule has 7 nitrogen and oxygen atoms in total. The molecule has 3 aromatic rings. The van der Waals surface area contributed by atoms with Crippen molar-refractivity contribution in [3.63, 3.8) is 0 Å². The summed E-state index contributed by atoms with van der Waals surface area (Å²) in [4.78, 5) is 8.93. The Morgan fingerprint density at radius 2 is 2.00 bits per heavy atom. The number of alkyl halides is 3. The molecule has 0 amide bonds. The normalized spacial score (nSPS) is 17.2. The summed E-state index contributed by atoms with van der Waals surface area (Å²) in [6.07, 6.45) is -3.88. The fourth-order valence-electron chi connectivity index (χ4n) is 4.06. The third-order valence-corrected chi connectivity index (χ3v) is 5.96. The Bertz CT molecular complexity index is 1220. The molecule has 2 unspecified atom stereocenters. The largest absolute Gasteiger partial charge is 0.484 e. The highest BCUT2D eigenvalue weighted by Gasteiger charge is 2.33. The Kier molecular flexibility index (Phi) is 6.91. The van der Waals surface area contributed by atoms with Crippen LogP contribution < -0.4 is 14.6 Å². The number of benzene rings is 2. The number of nitrogens with zero attached hydrogens (tertiary/aromatic N) is 2. The van der Waals surface area contributed by atoms with Crippen LogP contribution in [0.2, 0.25) is 0 Å². The molecule has 2 atom stereocenters. The van der Waals surface area contributed by atoms with Crippen LogP contribution in [0.25, 0.3) is 10.9 Å². The third-order valence-electron chi connectivity index (χ3n) is 5.69. The van der Waals surface area contributed by atoms with Gasteiger partial charge in [0.25, 0.3) is 0 Å². The molecule has 1 aliphatic rings. The molecule has 2 heterocycles. The van der Waals surface area contributed by atoms with Crippen molar-refractivity contribution in [2.45, 2.75) is 45.5 Å². The smallest absolute Gasteiger partial charge is 0.416 e. The zero-order valence-electron chi connectivity index (χ0n) is 18.8. The summed E-state index contributed by atoms with van der Waals surface area (Å²) in [5, 5.41) is 3.76. The first-order valence-electron chi connectivity index (χ1n) is 10.7. The van der Waals surface area contributed by atoms with E-state index >= 15 is 0 Å². The molecule has 11 heteroatoms. The highest BCUT2D eigenvalue weighted by atomic mass is 31.1. The Labute approximate surface area is 195 Å². The minimum Gasteiger partial charge on any atom is -0.484 e. The summed E-state index contributed by atoms with van der Waals surface area (Å²) >= 11 is 0. The van der Waals surface area contributed by atoms with Crippen LogP contribution in [0.3, 0.4) is 0 Å². The fraction of sp³-hybridized carbons (Fsp3) is 0.391. The molecule has 0 saturated carbocycles. The zero-order chi connectivity index (χ0) is 24.5. The van der Waals surface area contributed by atoms with E-state index in [0.29, 0.717) is 47.1 Å². The van der Waals surface area contributed by atoms with Gasteiger partial charge in [-0.2, -0.15) is 13.2 Å². The van der Waals surface area contributed by atoms with Gasteiger partial charge in [0.15, 0.2) is 11.5 Å². The number of anilines is 1. The lowest BCUT2D eigenvalue weighted by molar-refractivity contribution is -0.138. The van der Waals surface area contributed by atoms with E-state index in [1.54, 1.807) is 32.0 Å². The summed E-state index contributed by atoms with van der Waals surface area (Å²) in [6, 6.07) is 6.90. The van der Waals surface area contributed by atoms with Crippen LogP contribution in [-0.4, -0.2) is 29.3 Å². The molecule has 0 radical (unpaired) electrons. The molecule has 1 aliphatic heterocycles. The van der Waals surface area contributed by atoms with E-state index < -0.39 is 26.5 Å². The van der Waals surface area contributed by atoms with E-state index in [0.717, 1.165) is 12.5 Å². The average molecular weight is 493 g/mol. The number of aromatic nitrogens is 2. The SMILES string of the molecule is Cc1nc(NC(C)c2cccc(C(F)(F)F)c2C)c2cc(OP=O)c(OC3CCOC3)cc2n1. The van der Waals surface area contributed by atoms with Gasteiger partial charge in [0.05, 0.1) is 30.3 Å². The van der Waals surface area contributed by atoms with E-state index in [9.17, 15) is 17.7 Å². The van der Waals surface area contributed by atoms with Crippen LogP contribution in [0, 0.1) is 13.8 Å². The quantitative estimate of drug-likeness (QED) is 0.393. The number of fused-ring (bicyclic) bond motifs is 1. The number of halogens is 3. The van der Waals surface area contributed by atoms with E-state index in [2.05, 4.69) is 15.3 Å². The van der Waals surface area contributed by atoms with E-state index in [1.165, 1.54) is 13.0 Å². The topological polar surface area (TPSA) is 82.6 Å². The molecule has 4 rings (SSSR count). The van der Waals surface area contributed by atoms with Crippen LogP contribution in [0.1, 0.15) is 41.9 Å². The van der Waals surface area contributed by atoms with Gasteiger partial charge in [0.1, 0.15) is 17.7 Å². The van der Waals surface area contributed by atoms with E-state index in [-0.39, 0.29) is 17.4 Å². The monoisotopic (exact) mass is 493 g/mol. The van der Waals surface area contributed by atoms with Gasteiger partial charge in [-0.3, -0.25) is 0 Å². The van der Waals surface area contributed by atoms with Gasteiger partial charge in [0, 0.05) is 17.9 Å². The Morgan fingerprint density at radius 3 is 2.68 bits per heavy atom. The number of hydrogen-bond donors (Lipinski definition) is 1. The average Bonchev–Trinajstić information content (AvgIpc) is 3.27. The molecule has 2 aromatic carbocycles. The van der Waals surface area contributed by atoms with Gasteiger partial charge in [0.2, 0.25) is 0 Å². The van der Waals surface area contributed by atoms with Crippen molar-refractivity contribution in [1.29, 1.82) is 0 Å². The van der Waals surface area contributed by atoms with Crippen molar-refractivity contribution >= 4 is 25.4 Å². The van der Waals surface area contributed by atoms with Crippen LogP contribution in [0.15, 0.2) is 30.3 Å². The summed E-state index contributed by atoms with van der Waals surface area (Å²) in [7, 11) is -0.561. The number of rotatable bonds is 7. The fourth-order valence-corrected chi connectivity index (χ4v) is 4.29. The highest BCUT2D eigenvalue weighted by molar-refractivity contribution is 7.17. The Hall–Kier alpha value is -2.97. The minimum atomic E-state index is -4.44. The highest BCUT2D eigenvalue weighted by Crippen LogP contribution is 2.39. The van der Waals surface area contributed by atoms with Crippen molar-refractivity contribution < 1.29 is 31.7 Å². The molecule has 1 aromatic heterocycles. The Balaban J connectivity index is 1.72. The first kappa shape index (κ1) is 24.2. The maximum absolute atomic E-state index is 13.4. The molecule has 1 saturated heterocycles. The molecule has 1 fully saturated rings. The summed E-state index contributed by atoms with van der Waals surface area (Å²) in [5.41, 5.74) is 0.515. The minimum absolute atomic E-state index is 0.147. The number of aryl methyl sites for hydroxylation is 1. The second-order valence-electron chi connectivity index (χ2n) is 8.09. The Morgan fingerprint density at radius 1 is 1.21 bits per heavy atom. The van der Waals surface area contributed by atoms with Crippen molar-refractivity contribution in [3.05, 3.63) is 52.8 Å². The van der Waals surface area contributed by atoms with Gasteiger partial charge in [-0.25, -0.2) is 14.5 Å². The van der Waals surface area contributed by atoms with Gasteiger partial charge in [-0.05, 0) is 44.0 Å². The lowest BCUT2D eigenvalue weighted by Gasteiger charge is -2.21. The molecule has 0 bridgehead atoms. The number of hydrogen-bond acceptors (Lipinski definition) is 7. The predicted molar refractivity (Wildman–Crippen MR) is 121 cm³/mol. The summed E-state index contributed by atoms with van der Waals surface area (Å²) in [5.74, 6) is 1.48. The van der Waals surface area contributed by atoms with E-state index in [1.807, 2.05) is 0 Å². The standard InChI is InChI=1S/C23H23F3N3O4P/c1-12-16(5-4-6-18(12)23(24,25)26)13(2)27-22-17-9-21(33-34-30)20(32-15-7-8-31-11-15)10-19(17)28-14(3)29-22/h4-6,9-10,13,15H,7-8,11H2,1-3H3,(H,27,28,29). The van der Waals surface area contributed by atoms with Crippen LogP contribution in [0.4, 0.5) is 19.0 Å². The number of nitrogens with one attached hydrogen (secondary N) is 1. The van der Waals surface area contributed by atoms with Crippen LogP contribution in [-0.2, 0) is 15.5 Å².